The smallest absolute Gasteiger partial charge is 0.465 e. The summed E-state index contributed by atoms with van der Waals surface area (Å²) >= 11 is 0. The van der Waals surface area contributed by atoms with Gasteiger partial charge in [0.25, 0.3) is 0 Å². The summed E-state index contributed by atoms with van der Waals surface area (Å²) in [4.78, 5) is 11.6. The molecule has 0 saturated heterocycles. The highest BCUT2D eigenvalue weighted by atomic mass is 19.4. The second-order valence-electron chi connectivity index (χ2n) is 4.23. The van der Waals surface area contributed by atoms with Crippen LogP contribution in [0.2, 0.25) is 0 Å². The first kappa shape index (κ1) is 15.8. The zero-order chi connectivity index (χ0) is 16.3. The van der Waals surface area contributed by atoms with E-state index in [1.165, 1.54) is 24.3 Å². The number of methoxy groups -OCH3 is 1. The Morgan fingerprint density at radius 1 is 1.05 bits per heavy atom. The summed E-state index contributed by atoms with van der Waals surface area (Å²) in [6.07, 6.45) is -4.79. The minimum absolute atomic E-state index is 0.213. The molecular weight excluding hydrogens is 304 g/mol. The number of carbonyl (C=O) groups is 1. The van der Waals surface area contributed by atoms with Gasteiger partial charge in [0, 0.05) is 0 Å². The van der Waals surface area contributed by atoms with Crippen molar-refractivity contribution in [1.29, 1.82) is 0 Å². The van der Waals surface area contributed by atoms with Crippen LogP contribution in [0.25, 0.3) is 11.1 Å². The molecule has 0 atom stereocenters. The van der Waals surface area contributed by atoms with Crippen molar-refractivity contribution >= 4 is 5.97 Å². The van der Waals surface area contributed by atoms with Crippen LogP contribution < -0.4 is 4.74 Å². The summed E-state index contributed by atoms with van der Waals surface area (Å²) in [5.74, 6) is -2.06. The van der Waals surface area contributed by atoms with Crippen molar-refractivity contribution in [3.8, 4) is 16.9 Å². The van der Waals surface area contributed by atoms with E-state index in [2.05, 4.69) is 9.47 Å². The highest BCUT2D eigenvalue weighted by Crippen LogP contribution is 2.29. The van der Waals surface area contributed by atoms with E-state index in [0.29, 0.717) is 5.56 Å². The first-order chi connectivity index (χ1) is 10.3. The molecule has 22 heavy (non-hydrogen) atoms. The van der Waals surface area contributed by atoms with Gasteiger partial charge in [-0.1, -0.05) is 24.3 Å². The maximum Gasteiger partial charge on any atom is 0.573 e. The van der Waals surface area contributed by atoms with Crippen molar-refractivity contribution in [3.63, 3.8) is 0 Å². The van der Waals surface area contributed by atoms with Gasteiger partial charge in [0.2, 0.25) is 0 Å². The maximum absolute atomic E-state index is 13.8. The molecule has 0 N–H and O–H groups in total. The number of ether oxygens (including phenoxy) is 2. The van der Waals surface area contributed by atoms with Crippen LogP contribution in [0, 0.1) is 5.82 Å². The molecule has 116 valence electrons. The molecule has 0 fully saturated rings. The van der Waals surface area contributed by atoms with E-state index in [1.807, 2.05) is 0 Å². The van der Waals surface area contributed by atoms with E-state index < -0.39 is 23.9 Å². The van der Waals surface area contributed by atoms with Crippen molar-refractivity contribution in [1.82, 2.24) is 0 Å². The zero-order valence-corrected chi connectivity index (χ0v) is 11.3. The normalized spacial score (nSPS) is 11.1. The monoisotopic (exact) mass is 314 g/mol. The van der Waals surface area contributed by atoms with Gasteiger partial charge in [0.05, 0.1) is 7.11 Å². The molecule has 0 bridgehead atoms. The maximum atomic E-state index is 13.8. The van der Waals surface area contributed by atoms with Crippen LogP contribution in [-0.2, 0) is 4.74 Å². The van der Waals surface area contributed by atoms with Gasteiger partial charge < -0.3 is 9.47 Å². The molecule has 7 heteroatoms. The molecule has 0 radical (unpaired) electrons. The average Bonchev–Trinajstić information content (AvgIpc) is 2.45. The third-order valence-electron chi connectivity index (χ3n) is 2.80. The Bertz CT molecular complexity index is 678. The standard InChI is InChI=1S/C15H10F4O3/c1-21-14(20)13-11(3-2-4-12(13)16)9-5-7-10(8-6-9)22-15(17,18)19/h2-8H,1H3. The predicted octanol–water partition coefficient (Wildman–Crippen LogP) is 4.18. The Morgan fingerprint density at radius 2 is 1.68 bits per heavy atom. The van der Waals surface area contributed by atoms with E-state index >= 15 is 0 Å². The SMILES string of the molecule is COC(=O)c1c(F)cccc1-c1ccc(OC(F)(F)F)cc1. The molecule has 2 aromatic rings. The predicted molar refractivity (Wildman–Crippen MR) is 69.9 cm³/mol. The molecule has 0 aromatic heterocycles. The van der Waals surface area contributed by atoms with Crippen LogP contribution in [0.5, 0.6) is 5.75 Å². The zero-order valence-electron chi connectivity index (χ0n) is 11.3. The van der Waals surface area contributed by atoms with Crippen molar-refractivity contribution in [2.24, 2.45) is 0 Å². The second kappa shape index (κ2) is 6.05. The van der Waals surface area contributed by atoms with Crippen LogP contribution in [0.4, 0.5) is 17.6 Å². The Balaban J connectivity index is 2.41. The van der Waals surface area contributed by atoms with Gasteiger partial charge in [-0.15, -0.1) is 13.2 Å². The number of carbonyl (C=O) groups excluding carboxylic acids is 1. The summed E-state index contributed by atoms with van der Waals surface area (Å²) in [6.45, 7) is 0. The second-order valence-corrected chi connectivity index (χ2v) is 4.23. The van der Waals surface area contributed by atoms with E-state index in [4.69, 9.17) is 0 Å². The number of hydrogen-bond donors (Lipinski definition) is 0. The summed E-state index contributed by atoms with van der Waals surface area (Å²) < 4.78 is 58.4. The minimum Gasteiger partial charge on any atom is -0.465 e. The van der Waals surface area contributed by atoms with Crippen molar-refractivity contribution in [2.45, 2.75) is 6.36 Å². The van der Waals surface area contributed by atoms with Gasteiger partial charge in [-0.3, -0.25) is 0 Å². The third-order valence-corrected chi connectivity index (χ3v) is 2.80. The fraction of sp³-hybridized carbons (Fsp3) is 0.133. The quantitative estimate of drug-likeness (QED) is 0.630. The van der Waals surface area contributed by atoms with Gasteiger partial charge in [-0.2, -0.15) is 0 Å². The van der Waals surface area contributed by atoms with Crippen LogP contribution >= 0.6 is 0 Å². The van der Waals surface area contributed by atoms with Gasteiger partial charge in [0.1, 0.15) is 17.1 Å². The molecule has 0 saturated carbocycles. The molecular formula is C15H10F4O3. The van der Waals surface area contributed by atoms with Crippen LogP contribution in [-0.4, -0.2) is 19.4 Å². The lowest BCUT2D eigenvalue weighted by molar-refractivity contribution is -0.274. The lowest BCUT2D eigenvalue weighted by atomic mass is 9.99. The number of rotatable bonds is 3. The highest BCUT2D eigenvalue weighted by molar-refractivity contribution is 5.97. The van der Waals surface area contributed by atoms with E-state index in [1.54, 1.807) is 0 Å². The molecule has 3 nitrogen and oxygen atoms in total. The van der Waals surface area contributed by atoms with Crippen molar-refractivity contribution in [2.75, 3.05) is 7.11 Å². The number of alkyl halides is 3. The van der Waals surface area contributed by atoms with E-state index in [-0.39, 0.29) is 11.1 Å². The fourth-order valence-corrected chi connectivity index (χ4v) is 1.91. The molecule has 2 rings (SSSR count). The summed E-state index contributed by atoms with van der Waals surface area (Å²) in [5.41, 5.74) is 0.286. The average molecular weight is 314 g/mol. The summed E-state index contributed by atoms with van der Waals surface area (Å²) in [6, 6.07) is 8.69. The number of benzene rings is 2. The molecule has 0 aliphatic rings. The van der Waals surface area contributed by atoms with Gasteiger partial charge in [-0.05, 0) is 29.3 Å². The minimum atomic E-state index is -4.79. The van der Waals surface area contributed by atoms with Gasteiger partial charge in [-0.25, -0.2) is 9.18 Å². The largest absolute Gasteiger partial charge is 0.573 e. The van der Waals surface area contributed by atoms with Crippen LogP contribution in [0.1, 0.15) is 10.4 Å². The molecule has 2 aromatic carbocycles. The fourth-order valence-electron chi connectivity index (χ4n) is 1.91. The third kappa shape index (κ3) is 3.55. The topological polar surface area (TPSA) is 35.5 Å². The first-order valence-electron chi connectivity index (χ1n) is 6.05. The Kier molecular flexibility index (Phi) is 4.35. The number of esters is 1. The molecule has 0 amide bonds. The van der Waals surface area contributed by atoms with Crippen molar-refractivity contribution in [3.05, 3.63) is 53.8 Å². The van der Waals surface area contributed by atoms with Gasteiger partial charge >= 0.3 is 12.3 Å². The lowest BCUT2D eigenvalue weighted by Gasteiger charge is -2.11. The molecule has 0 heterocycles. The summed E-state index contributed by atoms with van der Waals surface area (Å²) in [5, 5.41) is 0. The lowest BCUT2D eigenvalue weighted by Crippen LogP contribution is -2.16. The Hall–Kier alpha value is -2.57. The van der Waals surface area contributed by atoms with E-state index in [0.717, 1.165) is 25.3 Å². The molecule has 0 spiro atoms. The molecule has 0 aliphatic heterocycles. The molecule has 0 unspecified atom stereocenters. The first-order valence-corrected chi connectivity index (χ1v) is 6.05. The summed E-state index contributed by atoms with van der Waals surface area (Å²) in [7, 11) is 1.11. The highest BCUT2D eigenvalue weighted by Gasteiger charge is 2.31. The van der Waals surface area contributed by atoms with Crippen LogP contribution in [0.15, 0.2) is 42.5 Å². The Morgan fingerprint density at radius 3 is 2.23 bits per heavy atom. The van der Waals surface area contributed by atoms with Gasteiger partial charge in [0.15, 0.2) is 0 Å². The van der Waals surface area contributed by atoms with Crippen LogP contribution in [0.3, 0.4) is 0 Å². The van der Waals surface area contributed by atoms with Crippen molar-refractivity contribution < 1.29 is 31.8 Å². The Labute approximate surface area is 123 Å². The van der Waals surface area contributed by atoms with E-state index in [9.17, 15) is 22.4 Å². The molecule has 0 aliphatic carbocycles. The number of hydrogen-bond acceptors (Lipinski definition) is 3. The number of halogens is 4.